The summed E-state index contributed by atoms with van der Waals surface area (Å²) in [5.41, 5.74) is 1.46. The molecule has 1 radical (unpaired) electrons. The van der Waals surface area contributed by atoms with Crippen LogP contribution in [0.1, 0.15) is 0 Å². The van der Waals surface area contributed by atoms with Gasteiger partial charge in [0.15, 0.2) is 5.58 Å². The van der Waals surface area contributed by atoms with Crippen molar-refractivity contribution in [3.8, 4) is 0 Å². The molecule has 0 spiro atoms. The van der Waals surface area contributed by atoms with Gasteiger partial charge in [-0.15, -0.1) is 0 Å². The molecule has 2 aromatic rings. The van der Waals surface area contributed by atoms with Gasteiger partial charge < -0.3 is 4.42 Å². The van der Waals surface area contributed by atoms with Gasteiger partial charge in [-0.2, -0.15) is 0 Å². The summed E-state index contributed by atoms with van der Waals surface area (Å²) in [6.07, 6.45) is 2.38. The van der Waals surface area contributed by atoms with Crippen LogP contribution >= 0.6 is 11.6 Å². The Bertz CT molecular complexity index is 355. The van der Waals surface area contributed by atoms with Crippen molar-refractivity contribution in [3.05, 3.63) is 29.6 Å². The van der Waals surface area contributed by atoms with Crippen LogP contribution < -0.4 is 0 Å². The van der Waals surface area contributed by atoms with Crippen molar-refractivity contribution in [1.82, 2.24) is 4.98 Å². The Morgan fingerprint density at radius 2 is 2.40 bits per heavy atom. The van der Waals surface area contributed by atoms with Crippen LogP contribution in [0.2, 0.25) is 5.02 Å². The Labute approximate surface area is 62.4 Å². The molecule has 1 aromatic carbocycles. The van der Waals surface area contributed by atoms with E-state index >= 15 is 0 Å². The fourth-order valence-electron chi connectivity index (χ4n) is 0.785. The van der Waals surface area contributed by atoms with Gasteiger partial charge in [-0.25, -0.2) is 4.98 Å². The maximum atomic E-state index is 5.68. The second kappa shape index (κ2) is 1.99. The number of benzene rings is 1. The van der Waals surface area contributed by atoms with Crippen molar-refractivity contribution >= 4 is 22.7 Å². The quantitative estimate of drug-likeness (QED) is 0.579. The van der Waals surface area contributed by atoms with Crippen molar-refractivity contribution in [2.75, 3.05) is 0 Å². The lowest BCUT2D eigenvalue weighted by molar-refractivity contribution is 0.591. The van der Waals surface area contributed by atoms with Crippen LogP contribution in [0.25, 0.3) is 11.1 Å². The molecule has 0 aliphatic heterocycles. The van der Waals surface area contributed by atoms with Gasteiger partial charge in [0.05, 0.1) is 0 Å². The molecule has 2 nitrogen and oxygen atoms in total. The first-order valence-electron chi connectivity index (χ1n) is 2.78. The highest BCUT2D eigenvalue weighted by Crippen LogP contribution is 2.16. The van der Waals surface area contributed by atoms with Gasteiger partial charge in [-0.1, -0.05) is 11.6 Å². The van der Waals surface area contributed by atoms with Gasteiger partial charge in [-0.05, 0) is 18.2 Å². The molecule has 1 heterocycles. The Hall–Kier alpha value is -1.02. The number of nitrogens with zero attached hydrogens (tertiary/aromatic N) is 1. The fraction of sp³-hybridized carbons (Fsp3) is 0. The van der Waals surface area contributed by atoms with Crippen LogP contribution in [-0.2, 0) is 0 Å². The van der Waals surface area contributed by atoms with Gasteiger partial charge >= 0.3 is 0 Å². The van der Waals surface area contributed by atoms with Crippen LogP contribution in [0, 0.1) is 6.39 Å². The second-order valence-corrected chi connectivity index (χ2v) is 2.35. The third-order valence-electron chi connectivity index (χ3n) is 1.24. The zero-order valence-electron chi connectivity index (χ0n) is 4.97. The van der Waals surface area contributed by atoms with E-state index in [1.807, 2.05) is 0 Å². The Morgan fingerprint density at radius 1 is 1.50 bits per heavy atom. The monoisotopic (exact) mass is 152 g/mol. The molecule has 0 saturated carbocycles. The molecular formula is C7H3ClNO. The minimum Gasteiger partial charge on any atom is -0.432 e. The molecule has 2 rings (SSSR count). The van der Waals surface area contributed by atoms with E-state index in [-0.39, 0.29) is 0 Å². The minimum absolute atomic E-state index is 0.662. The molecule has 1 aromatic heterocycles. The van der Waals surface area contributed by atoms with Crippen molar-refractivity contribution in [1.29, 1.82) is 0 Å². The highest BCUT2D eigenvalue weighted by atomic mass is 35.5. The maximum Gasteiger partial charge on any atom is 0.284 e. The third kappa shape index (κ3) is 0.772. The van der Waals surface area contributed by atoms with E-state index in [9.17, 15) is 0 Å². The van der Waals surface area contributed by atoms with Crippen LogP contribution in [0.5, 0.6) is 0 Å². The first-order valence-corrected chi connectivity index (χ1v) is 3.16. The van der Waals surface area contributed by atoms with E-state index in [0.29, 0.717) is 10.6 Å². The van der Waals surface area contributed by atoms with Crippen molar-refractivity contribution in [3.63, 3.8) is 0 Å². The standard InChI is InChI=1S/C7H3ClNO/c8-5-1-2-7-6(3-5)9-4-10-7/h1-3H. The Morgan fingerprint density at radius 3 is 3.30 bits per heavy atom. The third-order valence-corrected chi connectivity index (χ3v) is 1.48. The Kier molecular flexibility index (Phi) is 1.14. The summed E-state index contributed by atoms with van der Waals surface area (Å²) in [4.78, 5) is 3.80. The average Bonchev–Trinajstić information content (AvgIpc) is 2.33. The lowest BCUT2D eigenvalue weighted by Gasteiger charge is -1.85. The van der Waals surface area contributed by atoms with Crippen LogP contribution in [-0.4, -0.2) is 4.98 Å². The number of oxazole rings is 1. The maximum absolute atomic E-state index is 5.68. The molecule has 0 fully saturated rings. The molecule has 49 valence electrons. The molecule has 10 heavy (non-hydrogen) atoms. The van der Waals surface area contributed by atoms with E-state index < -0.39 is 0 Å². The molecule has 0 N–H and O–H groups in total. The number of fused-ring (bicyclic) bond motifs is 1. The zero-order chi connectivity index (χ0) is 6.97. The number of hydrogen-bond acceptors (Lipinski definition) is 2. The summed E-state index contributed by atoms with van der Waals surface area (Å²) in [6, 6.07) is 5.25. The van der Waals surface area contributed by atoms with Crippen LogP contribution in [0.15, 0.2) is 22.6 Å². The summed E-state index contributed by atoms with van der Waals surface area (Å²) in [6.45, 7) is 0. The molecule has 0 bridgehead atoms. The van der Waals surface area contributed by atoms with E-state index in [0.717, 1.165) is 5.52 Å². The van der Waals surface area contributed by atoms with Gasteiger partial charge in [-0.3, -0.25) is 0 Å². The zero-order valence-corrected chi connectivity index (χ0v) is 5.72. The fourth-order valence-corrected chi connectivity index (χ4v) is 0.952. The normalized spacial score (nSPS) is 10.5. The Balaban J connectivity index is 2.86. The number of aromatic nitrogens is 1. The SMILES string of the molecule is Clc1ccc2o[c]nc2c1. The number of rotatable bonds is 0. The smallest absolute Gasteiger partial charge is 0.284 e. The summed E-state index contributed by atoms with van der Waals surface area (Å²) >= 11 is 5.68. The highest BCUT2D eigenvalue weighted by molar-refractivity contribution is 6.31. The summed E-state index contributed by atoms with van der Waals surface area (Å²) in [7, 11) is 0. The first-order chi connectivity index (χ1) is 4.86. The molecule has 0 unspecified atom stereocenters. The largest absolute Gasteiger partial charge is 0.432 e. The van der Waals surface area contributed by atoms with Gasteiger partial charge in [0.2, 0.25) is 0 Å². The summed E-state index contributed by atoms with van der Waals surface area (Å²) in [5, 5.41) is 0.662. The summed E-state index contributed by atoms with van der Waals surface area (Å²) < 4.78 is 4.88. The molecule has 0 saturated heterocycles. The van der Waals surface area contributed by atoms with Gasteiger partial charge in [0.25, 0.3) is 6.39 Å². The van der Waals surface area contributed by atoms with Gasteiger partial charge in [0, 0.05) is 5.02 Å². The van der Waals surface area contributed by atoms with E-state index in [4.69, 9.17) is 16.0 Å². The van der Waals surface area contributed by atoms with E-state index in [2.05, 4.69) is 11.4 Å². The highest BCUT2D eigenvalue weighted by Gasteiger charge is 1.96. The predicted molar refractivity (Wildman–Crippen MR) is 37.9 cm³/mol. The second-order valence-electron chi connectivity index (χ2n) is 1.92. The topological polar surface area (TPSA) is 26.0 Å². The number of halogens is 1. The molecular weight excluding hydrogens is 150 g/mol. The van der Waals surface area contributed by atoms with Crippen LogP contribution in [0.3, 0.4) is 0 Å². The molecule has 0 aliphatic rings. The average molecular weight is 153 g/mol. The van der Waals surface area contributed by atoms with E-state index in [1.165, 1.54) is 0 Å². The molecule has 0 aliphatic carbocycles. The molecule has 0 atom stereocenters. The molecule has 0 amide bonds. The molecule has 3 heteroatoms. The van der Waals surface area contributed by atoms with Crippen LogP contribution in [0.4, 0.5) is 0 Å². The van der Waals surface area contributed by atoms with Crippen molar-refractivity contribution in [2.45, 2.75) is 0 Å². The lowest BCUT2D eigenvalue weighted by atomic mass is 10.3. The van der Waals surface area contributed by atoms with Crippen molar-refractivity contribution in [2.24, 2.45) is 0 Å². The van der Waals surface area contributed by atoms with Gasteiger partial charge in [0.1, 0.15) is 5.52 Å². The summed E-state index contributed by atoms with van der Waals surface area (Å²) in [5.74, 6) is 0. The minimum atomic E-state index is 0.662. The lowest BCUT2D eigenvalue weighted by Crippen LogP contribution is -1.65. The predicted octanol–water partition coefficient (Wildman–Crippen LogP) is 2.28. The first kappa shape index (κ1) is 5.74. The number of hydrogen-bond donors (Lipinski definition) is 0. The van der Waals surface area contributed by atoms with Crippen molar-refractivity contribution < 1.29 is 4.42 Å². The van der Waals surface area contributed by atoms with E-state index in [1.54, 1.807) is 18.2 Å².